The summed E-state index contributed by atoms with van der Waals surface area (Å²) in [6.45, 7) is 0. The molecule has 3 aromatic rings. The molecule has 0 fully saturated rings. The Hall–Kier alpha value is -2.01. The van der Waals surface area contributed by atoms with Crippen LogP contribution in [0.3, 0.4) is 0 Å². The SMILES string of the molecule is COc1ccc2nc(-c3sccc3N)oc2c1. The lowest BCUT2D eigenvalue weighted by Crippen LogP contribution is -1.83. The minimum Gasteiger partial charge on any atom is -0.497 e. The summed E-state index contributed by atoms with van der Waals surface area (Å²) in [7, 11) is 1.62. The number of oxazole rings is 1. The topological polar surface area (TPSA) is 61.3 Å². The van der Waals surface area contributed by atoms with Crippen molar-refractivity contribution in [2.24, 2.45) is 0 Å². The van der Waals surface area contributed by atoms with E-state index in [1.807, 2.05) is 29.6 Å². The van der Waals surface area contributed by atoms with Gasteiger partial charge in [-0.3, -0.25) is 0 Å². The van der Waals surface area contributed by atoms with Gasteiger partial charge >= 0.3 is 0 Å². The van der Waals surface area contributed by atoms with Crippen LogP contribution >= 0.6 is 11.3 Å². The van der Waals surface area contributed by atoms with Crippen LogP contribution in [0.4, 0.5) is 5.69 Å². The molecule has 0 amide bonds. The number of nitrogen functional groups attached to an aromatic ring is 1. The summed E-state index contributed by atoms with van der Waals surface area (Å²) in [6, 6.07) is 7.38. The van der Waals surface area contributed by atoms with E-state index in [1.165, 1.54) is 11.3 Å². The Morgan fingerprint density at radius 2 is 2.24 bits per heavy atom. The Morgan fingerprint density at radius 3 is 2.94 bits per heavy atom. The van der Waals surface area contributed by atoms with E-state index >= 15 is 0 Å². The van der Waals surface area contributed by atoms with E-state index in [0.29, 0.717) is 17.2 Å². The molecule has 3 rings (SSSR count). The molecule has 0 aliphatic carbocycles. The molecule has 4 nitrogen and oxygen atoms in total. The van der Waals surface area contributed by atoms with Crippen LogP contribution < -0.4 is 10.5 Å². The number of benzene rings is 1. The number of methoxy groups -OCH3 is 1. The summed E-state index contributed by atoms with van der Waals surface area (Å²) in [5.41, 5.74) is 8.03. The third-order valence-corrected chi connectivity index (χ3v) is 3.40. The van der Waals surface area contributed by atoms with E-state index in [4.69, 9.17) is 14.9 Å². The van der Waals surface area contributed by atoms with Gasteiger partial charge in [0, 0.05) is 6.07 Å². The lowest BCUT2D eigenvalue weighted by molar-refractivity contribution is 0.414. The molecule has 0 aliphatic rings. The number of nitrogens with two attached hydrogens (primary N) is 1. The minimum atomic E-state index is 0.556. The van der Waals surface area contributed by atoms with Crippen LogP contribution in [0.5, 0.6) is 5.75 Å². The van der Waals surface area contributed by atoms with Crippen molar-refractivity contribution >= 4 is 28.1 Å². The lowest BCUT2D eigenvalue weighted by Gasteiger charge is -1.95. The van der Waals surface area contributed by atoms with Gasteiger partial charge in [0.15, 0.2) is 5.58 Å². The molecule has 1 aromatic carbocycles. The van der Waals surface area contributed by atoms with Gasteiger partial charge in [-0.1, -0.05) is 0 Å². The Kier molecular flexibility index (Phi) is 2.26. The van der Waals surface area contributed by atoms with E-state index < -0.39 is 0 Å². The predicted molar refractivity (Wildman–Crippen MR) is 68.3 cm³/mol. The van der Waals surface area contributed by atoms with Crippen LogP contribution in [0.25, 0.3) is 21.9 Å². The second kappa shape index (κ2) is 3.78. The van der Waals surface area contributed by atoms with Gasteiger partial charge < -0.3 is 14.9 Å². The summed E-state index contributed by atoms with van der Waals surface area (Å²) in [5, 5.41) is 1.92. The van der Waals surface area contributed by atoms with Crippen molar-refractivity contribution < 1.29 is 9.15 Å². The molecule has 0 saturated heterocycles. The number of hydrogen-bond acceptors (Lipinski definition) is 5. The van der Waals surface area contributed by atoms with E-state index in [-0.39, 0.29) is 0 Å². The van der Waals surface area contributed by atoms with Gasteiger partial charge in [0.25, 0.3) is 0 Å². The second-order valence-electron chi connectivity index (χ2n) is 3.56. The smallest absolute Gasteiger partial charge is 0.239 e. The van der Waals surface area contributed by atoms with Crippen LogP contribution in [0.15, 0.2) is 34.1 Å². The lowest BCUT2D eigenvalue weighted by atomic mass is 10.3. The highest BCUT2D eigenvalue weighted by atomic mass is 32.1. The van der Waals surface area contributed by atoms with Crippen molar-refractivity contribution in [3.63, 3.8) is 0 Å². The number of aromatic nitrogens is 1. The van der Waals surface area contributed by atoms with Gasteiger partial charge in [-0.15, -0.1) is 11.3 Å². The molecule has 0 aliphatic heterocycles. The maximum Gasteiger partial charge on any atom is 0.239 e. The first-order valence-electron chi connectivity index (χ1n) is 5.06. The number of nitrogens with zero attached hydrogens (tertiary/aromatic N) is 1. The van der Waals surface area contributed by atoms with Crippen LogP contribution in [0.2, 0.25) is 0 Å². The highest BCUT2D eigenvalue weighted by Gasteiger charge is 2.12. The van der Waals surface area contributed by atoms with E-state index in [1.54, 1.807) is 7.11 Å². The molecule has 0 bridgehead atoms. The predicted octanol–water partition coefficient (Wildman–Crippen LogP) is 3.15. The zero-order valence-corrected chi connectivity index (χ0v) is 9.95. The average Bonchev–Trinajstić information content (AvgIpc) is 2.93. The molecular weight excluding hydrogens is 236 g/mol. The molecule has 0 unspecified atom stereocenters. The van der Waals surface area contributed by atoms with E-state index in [0.717, 1.165) is 16.1 Å². The molecule has 0 atom stereocenters. The molecular formula is C12H10N2O2S. The first kappa shape index (κ1) is 10.2. The van der Waals surface area contributed by atoms with Gasteiger partial charge in [0.05, 0.1) is 12.8 Å². The maximum atomic E-state index is 5.84. The first-order chi connectivity index (χ1) is 8.28. The molecule has 0 spiro atoms. The van der Waals surface area contributed by atoms with E-state index in [2.05, 4.69) is 4.98 Å². The average molecular weight is 246 g/mol. The standard InChI is InChI=1S/C12H10N2O2S/c1-15-7-2-3-9-10(6-7)16-12(14-9)11-8(13)4-5-17-11/h2-6H,13H2,1H3. The highest BCUT2D eigenvalue weighted by Crippen LogP contribution is 2.33. The second-order valence-corrected chi connectivity index (χ2v) is 4.47. The molecule has 2 N–H and O–H groups in total. The third kappa shape index (κ3) is 1.64. The summed E-state index contributed by atoms with van der Waals surface area (Å²) < 4.78 is 10.8. The summed E-state index contributed by atoms with van der Waals surface area (Å²) in [6.07, 6.45) is 0. The largest absolute Gasteiger partial charge is 0.497 e. The molecule has 2 aromatic heterocycles. The van der Waals surface area contributed by atoms with Crippen molar-refractivity contribution in [3.05, 3.63) is 29.6 Å². The van der Waals surface area contributed by atoms with Crippen molar-refractivity contribution in [2.45, 2.75) is 0 Å². The monoisotopic (exact) mass is 246 g/mol. The van der Waals surface area contributed by atoms with Crippen molar-refractivity contribution in [2.75, 3.05) is 12.8 Å². The molecule has 17 heavy (non-hydrogen) atoms. The third-order valence-electron chi connectivity index (χ3n) is 2.49. The molecule has 0 saturated carbocycles. The number of hydrogen-bond donors (Lipinski definition) is 1. The van der Waals surface area contributed by atoms with Gasteiger partial charge in [0.1, 0.15) is 16.1 Å². The van der Waals surface area contributed by atoms with Crippen molar-refractivity contribution in [1.29, 1.82) is 0 Å². The zero-order valence-electron chi connectivity index (χ0n) is 9.14. The number of thiophene rings is 1. The molecule has 2 heterocycles. The molecule has 5 heteroatoms. The molecule has 0 radical (unpaired) electrons. The maximum absolute atomic E-state index is 5.84. The molecule has 86 valence electrons. The fourth-order valence-corrected chi connectivity index (χ4v) is 2.36. The van der Waals surface area contributed by atoms with Crippen LogP contribution in [0.1, 0.15) is 0 Å². The van der Waals surface area contributed by atoms with Crippen LogP contribution in [0, 0.1) is 0 Å². The summed E-state index contributed by atoms with van der Waals surface area (Å²) >= 11 is 1.52. The summed E-state index contributed by atoms with van der Waals surface area (Å²) in [5.74, 6) is 1.31. The Balaban J connectivity index is 2.17. The number of anilines is 1. The number of fused-ring (bicyclic) bond motifs is 1. The Labute approximate surface area is 102 Å². The first-order valence-corrected chi connectivity index (χ1v) is 5.94. The fourth-order valence-electron chi connectivity index (χ4n) is 1.62. The van der Waals surface area contributed by atoms with E-state index in [9.17, 15) is 0 Å². The van der Waals surface area contributed by atoms with Gasteiger partial charge in [-0.2, -0.15) is 0 Å². The number of ether oxygens (including phenoxy) is 1. The van der Waals surface area contributed by atoms with Crippen molar-refractivity contribution in [3.8, 4) is 16.5 Å². The van der Waals surface area contributed by atoms with Crippen LogP contribution in [-0.4, -0.2) is 12.1 Å². The quantitative estimate of drug-likeness (QED) is 0.754. The van der Waals surface area contributed by atoms with Gasteiger partial charge in [0.2, 0.25) is 5.89 Å². The summed E-state index contributed by atoms with van der Waals surface area (Å²) in [4.78, 5) is 5.26. The Bertz CT molecular complexity index is 672. The Morgan fingerprint density at radius 1 is 1.35 bits per heavy atom. The minimum absolute atomic E-state index is 0.556. The fraction of sp³-hybridized carbons (Fsp3) is 0.0833. The highest BCUT2D eigenvalue weighted by molar-refractivity contribution is 7.14. The van der Waals surface area contributed by atoms with Gasteiger partial charge in [-0.05, 0) is 23.6 Å². The van der Waals surface area contributed by atoms with Crippen LogP contribution in [-0.2, 0) is 0 Å². The normalized spacial score (nSPS) is 10.9. The van der Waals surface area contributed by atoms with Gasteiger partial charge in [-0.25, -0.2) is 4.98 Å². The van der Waals surface area contributed by atoms with Crippen molar-refractivity contribution in [1.82, 2.24) is 4.98 Å². The zero-order chi connectivity index (χ0) is 11.8. The number of rotatable bonds is 2.